The van der Waals surface area contributed by atoms with Crippen molar-refractivity contribution < 1.29 is 14.3 Å². The van der Waals surface area contributed by atoms with E-state index in [0.29, 0.717) is 25.2 Å². The molecule has 0 aliphatic heterocycles. The lowest BCUT2D eigenvalue weighted by atomic mass is 10.0. The van der Waals surface area contributed by atoms with Crippen LogP contribution in [0.4, 0.5) is 4.39 Å². The van der Waals surface area contributed by atoms with Crippen LogP contribution in [-0.2, 0) is 24.3 Å². The number of carboxylic acids is 1. The third-order valence-corrected chi connectivity index (χ3v) is 5.19. The number of benzene rings is 3. The molecular formula is C24H23BrFNO2. The second-order valence-electron chi connectivity index (χ2n) is 7.07. The number of aliphatic carboxylic acids is 1. The molecule has 3 rings (SSSR count). The van der Waals surface area contributed by atoms with E-state index in [1.165, 1.54) is 17.2 Å². The molecule has 0 saturated carbocycles. The minimum atomic E-state index is -0.859. The highest BCUT2D eigenvalue weighted by Crippen LogP contribution is 2.19. The zero-order valence-corrected chi connectivity index (χ0v) is 17.6. The van der Waals surface area contributed by atoms with E-state index in [1.807, 2.05) is 35.2 Å². The number of hydrogen-bond donors (Lipinski definition) is 1. The Labute approximate surface area is 178 Å². The second kappa shape index (κ2) is 10.3. The maximum Gasteiger partial charge on any atom is 0.304 e. The van der Waals surface area contributed by atoms with Gasteiger partial charge in [0.15, 0.2) is 0 Å². The van der Waals surface area contributed by atoms with Crippen molar-refractivity contribution in [1.82, 2.24) is 4.90 Å². The lowest BCUT2D eigenvalue weighted by Gasteiger charge is -2.22. The summed E-state index contributed by atoms with van der Waals surface area (Å²) in [5.41, 5.74) is 4.06. The van der Waals surface area contributed by atoms with Gasteiger partial charge >= 0.3 is 5.97 Å². The third-order valence-electron chi connectivity index (χ3n) is 4.69. The van der Waals surface area contributed by atoms with Crippen LogP contribution in [0, 0.1) is 5.82 Å². The molecule has 3 aromatic rings. The molecule has 150 valence electrons. The predicted octanol–water partition coefficient (Wildman–Crippen LogP) is 5.66. The average Bonchev–Trinajstić information content (AvgIpc) is 2.70. The minimum absolute atomic E-state index is 0.0132. The summed E-state index contributed by atoms with van der Waals surface area (Å²) in [4.78, 5) is 13.1. The van der Waals surface area contributed by atoms with Crippen LogP contribution >= 0.6 is 15.9 Å². The quantitative estimate of drug-likeness (QED) is 0.452. The molecule has 0 heterocycles. The molecule has 5 heteroatoms. The molecule has 0 spiro atoms. The predicted molar refractivity (Wildman–Crippen MR) is 116 cm³/mol. The van der Waals surface area contributed by atoms with Gasteiger partial charge in [0.1, 0.15) is 5.82 Å². The van der Waals surface area contributed by atoms with Crippen LogP contribution < -0.4 is 0 Å². The Bertz CT molecular complexity index is 962. The van der Waals surface area contributed by atoms with Crippen LogP contribution in [0.25, 0.3) is 0 Å². The Hall–Kier alpha value is -2.50. The van der Waals surface area contributed by atoms with E-state index >= 15 is 0 Å². The van der Waals surface area contributed by atoms with Crippen LogP contribution in [0.3, 0.4) is 0 Å². The molecule has 3 nitrogen and oxygen atoms in total. The fourth-order valence-corrected chi connectivity index (χ4v) is 3.71. The number of nitrogens with zero attached hydrogens (tertiary/aromatic N) is 1. The average molecular weight is 456 g/mol. The maximum absolute atomic E-state index is 14.2. The lowest BCUT2D eigenvalue weighted by Crippen LogP contribution is -2.26. The smallest absolute Gasteiger partial charge is 0.304 e. The SMILES string of the molecule is O=C(O)CCN(Cc1cccc(Cc2ccccc2)c1)Cc1cc(Br)ccc1F. The Kier molecular flexibility index (Phi) is 7.55. The molecule has 0 fully saturated rings. The number of rotatable bonds is 9. The van der Waals surface area contributed by atoms with Crippen LogP contribution in [0.1, 0.15) is 28.7 Å². The summed E-state index contributed by atoms with van der Waals surface area (Å²) >= 11 is 3.38. The van der Waals surface area contributed by atoms with Gasteiger partial charge in [-0.3, -0.25) is 9.69 Å². The van der Waals surface area contributed by atoms with E-state index in [9.17, 15) is 9.18 Å². The molecule has 0 aromatic heterocycles. The van der Waals surface area contributed by atoms with Gasteiger partial charge in [0.05, 0.1) is 6.42 Å². The molecule has 0 atom stereocenters. The highest BCUT2D eigenvalue weighted by molar-refractivity contribution is 9.10. The van der Waals surface area contributed by atoms with E-state index in [0.717, 1.165) is 16.5 Å². The van der Waals surface area contributed by atoms with Crippen molar-refractivity contribution in [1.29, 1.82) is 0 Å². The third kappa shape index (κ3) is 6.80. The van der Waals surface area contributed by atoms with Crippen LogP contribution in [0.2, 0.25) is 0 Å². The summed E-state index contributed by atoms with van der Waals surface area (Å²) < 4.78 is 15.0. The van der Waals surface area contributed by atoms with Crippen molar-refractivity contribution in [3.8, 4) is 0 Å². The summed E-state index contributed by atoms with van der Waals surface area (Å²) in [7, 11) is 0. The van der Waals surface area contributed by atoms with Gasteiger partial charge in [0.2, 0.25) is 0 Å². The van der Waals surface area contributed by atoms with Crippen molar-refractivity contribution in [3.05, 3.63) is 105 Å². The van der Waals surface area contributed by atoms with Gasteiger partial charge in [-0.15, -0.1) is 0 Å². The van der Waals surface area contributed by atoms with E-state index in [-0.39, 0.29) is 12.2 Å². The van der Waals surface area contributed by atoms with Crippen molar-refractivity contribution in [2.24, 2.45) is 0 Å². The van der Waals surface area contributed by atoms with Gasteiger partial charge in [-0.25, -0.2) is 4.39 Å². The summed E-state index contributed by atoms with van der Waals surface area (Å²) in [5.74, 6) is -1.14. The topological polar surface area (TPSA) is 40.5 Å². The monoisotopic (exact) mass is 455 g/mol. The number of halogens is 2. The Morgan fingerprint density at radius 3 is 2.38 bits per heavy atom. The zero-order chi connectivity index (χ0) is 20.6. The van der Waals surface area contributed by atoms with E-state index < -0.39 is 5.97 Å². The summed E-state index contributed by atoms with van der Waals surface area (Å²) in [5, 5.41) is 9.09. The minimum Gasteiger partial charge on any atom is -0.481 e. The van der Waals surface area contributed by atoms with E-state index in [1.54, 1.807) is 12.1 Å². The molecule has 0 aliphatic rings. The summed E-state index contributed by atoms with van der Waals surface area (Å²) in [6, 6.07) is 23.4. The summed E-state index contributed by atoms with van der Waals surface area (Å²) in [6.07, 6.45) is 0.851. The van der Waals surface area contributed by atoms with E-state index in [4.69, 9.17) is 5.11 Å². The zero-order valence-electron chi connectivity index (χ0n) is 16.0. The van der Waals surface area contributed by atoms with Gasteiger partial charge in [-0.1, -0.05) is 70.5 Å². The lowest BCUT2D eigenvalue weighted by molar-refractivity contribution is -0.137. The van der Waals surface area contributed by atoms with Crippen LogP contribution in [0.5, 0.6) is 0 Å². The van der Waals surface area contributed by atoms with Crippen molar-refractivity contribution in [2.45, 2.75) is 25.9 Å². The number of carbonyl (C=O) groups is 1. The largest absolute Gasteiger partial charge is 0.481 e. The van der Waals surface area contributed by atoms with Crippen molar-refractivity contribution in [3.63, 3.8) is 0 Å². The molecular weight excluding hydrogens is 433 g/mol. The number of hydrogen-bond acceptors (Lipinski definition) is 2. The van der Waals surface area contributed by atoms with Crippen molar-refractivity contribution >= 4 is 21.9 Å². The normalized spacial score (nSPS) is 11.0. The highest BCUT2D eigenvalue weighted by Gasteiger charge is 2.13. The van der Waals surface area contributed by atoms with Crippen LogP contribution in [-0.4, -0.2) is 22.5 Å². The molecule has 0 radical (unpaired) electrons. The van der Waals surface area contributed by atoms with Gasteiger partial charge in [-0.05, 0) is 41.3 Å². The first-order chi connectivity index (χ1) is 14.0. The Morgan fingerprint density at radius 1 is 0.897 bits per heavy atom. The molecule has 0 unspecified atom stereocenters. The Morgan fingerprint density at radius 2 is 1.62 bits per heavy atom. The van der Waals surface area contributed by atoms with Gasteiger partial charge in [0, 0.05) is 29.7 Å². The standard InChI is InChI=1S/C24H23BrFNO2/c25-22-9-10-23(26)21(15-22)17-27(12-11-24(28)29)16-20-8-4-7-19(14-20)13-18-5-2-1-3-6-18/h1-10,14-15H,11-13,16-17H2,(H,28,29). The maximum atomic E-state index is 14.2. The Balaban J connectivity index is 1.75. The first-order valence-corrected chi connectivity index (χ1v) is 10.3. The second-order valence-corrected chi connectivity index (χ2v) is 7.99. The van der Waals surface area contributed by atoms with Gasteiger partial charge in [0.25, 0.3) is 0 Å². The van der Waals surface area contributed by atoms with Crippen molar-refractivity contribution in [2.75, 3.05) is 6.54 Å². The molecule has 29 heavy (non-hydrogen) atoms. The fourth-order valence-electron chi connectivity index (χ4n) is 3.30. The number of carboxylic acid groups (broad SMARTS) is 1. The molecule has 1 N–H and O–H groups in total. The van der Waals surface area contributed by atoms with Gasteiger partial charge < -0.3 is 5.11 Å². The molecule has 0 bridgehead atoms. The van der Waals surface area contributed by atoms with E-state index in [2.05, 4.69) is 40.2 Å². The van der Waals surface area contributed by atoms with Gasteiger partial charge in [-0.2, -0.15) is 0 Å². The highest BCUT2D eigenvalue weighted by atomic mass is 79.9. The molecule has 3 aromatic carbocycles. The summed E-state index contributed by atoms with van der Waals surface area (Å²) in [6.45, 7) is 1.26. The fraction of sp³-hybridized carbons (Fsp3) is 0.208. The first-order valence-electron chi connectivity index (χ1n) is 9.49. The molecule has 0 amide bonds. The molecule has 0 aliphatic carbocycles. The van der Waals surface area contributed by atoms with Crippen LogP contribution in [0.15, 0.2) is 77.3 Å². The first kappa shape index (κ1) is 21.2. The molecule has 0 saturated heterocycles.